The van der Waals surface area contributed by atoms with E-state index in [4.69, 9.17) is 0 Å². The van der Waals surface area contributed by atoms with Crippen LogP contribution in [0.5, 0.6) is 0 Å². The van der Waals surface area contributed by atoms with Crippen molar-refractivity contribution in [1.82, 2.24) is 15.5 Å². The van der Waals surface area contributed by atoms with Crippen molar-refractivity contribution in [3.63, 3.8) is 0 Å². The van der Waals surface area contributed by atoms with Crippen molar-refractivity contribution in [2.45, 2.75) is 13.5 Å². The van der Waals surface area contributed by atoms with E-state index >= 15 is 0 Å². The fourth-order valence-electron chi connectivity index (χ4n) is 1.32. The third-order valence-corrected chi connectivity index (χ3v) is 3.15. The zero-order valence-electron chi connectivity index (χ0n) is 9.43. The van der Waals surface area contributed by atoms with E-state index in [1.54, 1.807) is 29.8 Å². The number of aromatic amines is 1. The molecular formula is C12H13N3OS. The Morgan fingerprint density at radius 1 is 1.59 bits per heavy atom. The Bertz CT molecular complexity index is 514. The summed E-state index contributed by atoms with van der Waals surface area (Å²) in [5, 5.41) is 9.28. The lowest BCUT2D eigenvalue weighted by atomic mass is 10.3. The standard InChI is InChI=1S/C12H13N3OS/c1-9-2-3-11(17-9)4-5-12(16)13-6-10-7-14-15-8-10/h2-5,7-8H,6H2,1H3,(H,13,16)(H,14,15)/b5-4+. The first-order chi connectivity index (χ1) is 8.24. The Kier molecular flexibility index (Phi) is 3.72. The number of nitrogens with one attached hydrogen (secondary N) is 2. The molecule has 0 saturated heterocycles. The predicted molar refractivity (Wildman–Crippen MR) is 68.5 cm³/mol. The molecule has 0 bridgehead atoms. The van der Waals surface area contributed by atoms with E-state index in [9.17, 15) is 4.79 Å². The first kappa shape index (κ1) is 11.6. The first-order valence-corrected chi connectivity index (χ1v) is 6.06. The molecule has 0 aromatic carbocycles. The molecule has 2 aromatic heterocycles. The molecule has 0 radical (unpaired) electrons. The van der Waals surface area contributed by atoms with Crippen LogP contribution in [-0.4, -0.2) is 16.1 Å². The second-order valence-corrected chi connectivity index (χ2v) is 4.93. The molecule has 0 unspecified atom stereocenters. The van der Waals surface area contributed by atoms with Gasteiger partial charge in [0.05, 0.1) is 6.20 Å². The quantitative estimate of drug-likeness (QED) is 0.813. The van der Waals surface area contributed by atoms with Gasteiger partial charge in [0, 0.05) is 34.1 Å². The normalized spacial score (nSPS) is 10.9. The van der Waals surface area contributed by atoms with E-state index in [0.717, 1.165) is 10.4 Å². The van der Waals surface area contributed by atoms with Crippen LogP contribution in [0.25, 0.3) is 6.08 Å². The molecule has 2 heterocycles. The number of carbonyl (C=O) groups excluding carboxylic acids is 1. The molecule has 2 N–H and O–H groups in total. The highest BCUT2D eigenvalue weighted by Crippen LogP contribution is 2.16. The Morgan fingerprint density at radius 3 is 3.12 bits per heavy atom. The third kappa shape index (κ3) is 3.57. The van der Waals surface area contributed by atoms with Crippen molar-refractivity contribution < 1.29 is 4.79 Å². The van der Waals surface area contributed by atoms with Gasteiger partial charge >= 0.3 is 0 Å². The van der Waals surface area contributed by atoms with E-state index < -0.39 is 0 Å². The third-order valence-electron chi connectivity index (χ3n) is 2.18. The van der Waals surface area contributed by atoms with Gasteiger partial charge in [-0.15, -0.1) is 11.3 Å². The SMILES string of the molecule is Cc1ccc(/C=C/C(=O)NCc2cn[nH]c2)s1. The molecule has 0 aliphatic rings. The fraction of sp³-hybridized carbons (Fsp3) is 0.167. The highest BCUT2D eigenvalue weighted by atomic mass is 32.1. The molecule has 2 aromatic rings. The molecular weight excluding hydrogens is 234 g/mol. The van der Waals surface area contributed by atoms with Crippen LogP contribution in [0.15, 0.2) is 30.6 Å². The maximum atomic E-state index is 11.5. The number of aryl methyl sites for hydroxylation is 1. The Labute approximate surface area is 103 Å². The smallest absolute Gasteiger partial charge is 0.244 e. The van der Waals surface area contributed by atoms with Crippen molar-refractivity contribution in [3.05, 3.63) is 45.9 Å². The summed E-state index contributed by atoms with van der Waals surface area (Å²) in [5.74, 6) is -0.0998. The summed E-state index contributed by atoms with van der Waals surface area (Å²) in [6.45, 7) is 2.53. The Balaban J connectivity index is 1.83. The van der Waals surface area contributed by atoms with Gasteiger partial charge in [-0.05, 0) is 25.1 Å². The van der Waals surface area contributed by atoms with E-state index in [-0.39, 0.29) is 5.91 Å². The van der Waals surface area contributed by atoms with Gasteiger partial charge in [-0.25, -0.2) is 0 Å². The first-order valence-electron chi connectivity index (χ1n) is 5.24. The maximum absolute atomic E-state index is 11.5. The summed E-state index contributed by atoms with van der Waals surface area (Å²) >= 11 is 1.66. The minimum Gasteiger partial charge on any atom is -0.348 e. The molecule has 4 nitrogen and oxygen atoms in total. The number of aromatic nitrogens is 2. The molecule has 0 fully saturated rings. The van der Waals surface area contributed by atoms with Crippen molar-refractivity contribution in [2.75, 3.05) is 0 Å². The van der Waals surface area contributed by atoms with Gasteiger partial charge in [-0.3, -0.25) is 9.89 Å². The lowest BCUT2D eigenvalue weighted by Gasteiger charge is -1.97. The molecule has 0 aliphatic heterocycles. The van der Waals surface area contributed by atoms with Crippen LogP contribution in [0.3, 0.4) is 0 Å². The molecule has 2 rings (SSSR count). The van der Waals surface area contributed by atoms with Gasteiger partial charge in [0.2, 0.25) is 5.91 Å². The van der Waals surface area contributed by atoms with Gasteiger partial charge in [0.1, 0.15) is 0 Å². The van der Waals surface area contributed by atoms with Crippen molar-refractivity contribution in [2.24, 2.45) is 0 Å². The lowest BCUT2D eigenvalue weighted by molar-refractivity contribution is -0.116. The van der Waals surface area contributed by atoms with E-state index in [0.29, 0.717) is 6.54 Å². The van der Waals surface area contributed by atoms with Gasteiger partial charge in [0.25, 0.3) is 0 Å². The van der Waals surface area contributed by atoms with E-state index in [2.05, 4.69) is 15.5 Å². The largest absolute Gasteiger partial charge is 0.348 e. The molecule has 5 heteroatoms. The summed E-state index contributed by atoms with van der Waals surface area (Å²) in [4.78, 5) is 13.8. The summed E-state index contributed by atoms with van der Waals surface area (Å²) in [5.41, 5.74) is 0.957. The molecule has 17 heavy (non-hydrogen) atoms. The predicted octanol–water partition coefficient (Wildman–Crippen LogP) is 2.11. The average molecular weight is 247 g/mol. The number of nitrogens with zero attached hydrogens (tertiary/aromatic N) is 1. The van der Waals surface area contributed by atoms with Gasteiger partial charge < -0.3 is 5.32 Å². The molecule has 88 valence electrons. The van der Waals surface area contributed by atoms with Gasteiger partial charge in [0.15, 0.2) is 0 Å². The monoisotopic (exact) mass is 247 g/mol. The van der Waals surface area contributed by atoms with Gasteiger partial charge in [-0.2, -0.15) is 5.10 Å². The summed E-state index contributed by atoms with van der Waals surface area (Å²) in [6.07, 6.45) is 6.81. The van der Waals surface area contributed by atoms with E-state index in [1.807, 2.05) is 25.1 Å². The lowest BCUT2D eigenvalue weighted by Crippen LogP contribution is -2.19. The van der Waals surface area contributed by atoms with Crippen LogP contribution < -0.4 is 5.32 Å². The number of H-pyrrole nitrogens is 1. The van der Waals surface area contributed by atoms with Crippen molar-refractivity contribution in [3.8, 4) is 0 Å². The highest BCUT2D eigenvalue weighted by Gasteiger charge is 1.98. The van der Waals surface area contributed by atoms with Crippen LogP contribution in [0.2, 0.25) is 0 Å². The Morgan fingerprint density at radius 2 is 2.47 bits per heavy atom. The molecule has 0 atom stereocenters. The number of hydrogen-bond donors (Lipinski definition) is 2. The maximum Gasteiger partial charge on any atom is 0.244 e. The van der Waals surface area contributed by atoms with Crippen LogP contribution in [-0.2, 0) is 11.3 Å². The minimum atomic E-state index is -0.0998. The number of hydrogen-bond acceptors (Lipinski definition) is 3. The number of thiophene rings is 1. The van der Waals surface area contributed by atoms with Crippen LogP contribution >= 0.6 is 11.3 Å². The molecule has 1 amide bonds. The molecule has 0 saturated carbocycles. The highest BCUT2D eigenvalue weighted by molar-refractivity contribution is 7.12. The van der Waals surface area contributed by atoms with Crippen LogP contribution in [0.1, 0.15) is 15.3 Å². The second-order valence-electron chi connectivity index (χ2n) is 3.61. The van der Waals surface area contributed by atoms with E-state index in [1.165, 1.54) is 4.88 Å². The van der Waals surface area contributed by atoms with Crippen LogP contribution in [0, 0.1) is 6.92 Å². The Hall–Kier alpha value is -1.88. The van der Waals surface area contributed by atoms with Crippen molar-refractivity contribution in [1.29, 1.82) is 0 Å². The fourth-order valence-corrected chi connectivity index (χ4v) is 2.10. The topological polar surface area (TPSA) is 57.8 Å². The molecule has 0 spiro atoms. The average Bonchev–Trinajstić information content (AvgIpc) is 2.95. The number of amides is 1. The zero-order chi connectivity index (χ0) is 12.1. The summed E-state index contributed by atoms with van der Waals surface area (Å²) in [7, 11) is 0. The zero-order valence-corrected chi connectivity index (χ0v) is 10.3. The number of carbonyl (C=O) groups is 1. The van der Waals surface area contributed by atoms with Crippen LogP contribution in [0.4, 0.5) is 0 Å². The van der Waals surface area contributed by atoms with Crippen molar-refractivity contribution >= 4 is 23.3 Å². The summed E-state index contributed by atoms with van der Waals surface area (Å²) < 4.78 is 0. The number of rotatable bonds is 4. The second kappa shape index (κ2) is 5.45. The van der Waals surface area contributed by atoms with Gasteiger partial charge in [-0.1, -0.05) is 0 Å². The summed E-state index contributed by atoms with van der Waals surface area (Å²) in [6, 6.07) is 4.04. The molecule has 0 aliphatic carbocycles. The minimum absolute atomic E-state index is 0.0998.